The summed E-state index contributed by atoms with van der Waals surface area (Å²) >= 11 is 0. The van der Waals surface area contributed by atoms with Crippen LogP contribution < -0.4 is 5.73 Å². The third-order valence-electron chi connectivity index (χ3n) is 5.09. The number of nitrogens with two attached hydrogens (primary N) is 1. The summed E-state index contributed by atoms with van der Waals surface area (Å²) in [5.41, 5.74) is 9.17. The molecule has 2 N–H and O–H groups in total. The molecule has 2 aromatic heterocycles. The zero-order valence-electron chi connectivity index (χ0n) is 16.6. The molecule has 0 bridgehead atoms. The Hall–Kier alpha value is -2.71. The number of hydrogen-bond donors (Lipinski definition) is 1. The standard InChI is InChI=1S/C21H26N4O4/c1-2-27-11-6-10-25-19(22)17(21(26)29-13-14-7-5-12-28-14)18-20(25)24-16-9-4-3-8-15(16)23-18/h3-4,8-9,14H,2,5-7,10-13,22H2,1H3/t14-/m0/s1. The lowest BCUT2D eigenvalue weighted by atomic mass is 10.2. The summed E-state index contributed by atoms with van der Waals surface area (Å²) in [7, 11) is 0. The number of nitrogen functional groups attached to an aromatic ring is 1. The number of aryl methyl sites for hydroxylation is 1. The highest BCUT2D eigenvalue weighted by Crippen LogP contribution is 2.29. The van der Waals surface area contributed by atoms with Crippen LogP contribution in [0.15, 0.2) is 24.3 Å². The van der Waals surface area contributed by atoms with Crippen molar-refractivity contribution in [3.63, 3.8) is 0 Å². The number of anilines is 1. The van der Waals surface area contributed by atoms with Crippen molar-refractivity contribution in [2.45, 2.75) is 38.8 Å². The Balaban J connectivity index is 1.69. The number of fused-ring (bicyclic) bond motifs is 2. The average Bonchev–Trinajstić information content (AvgIpc) is 3.34. The second-order valence-corrected chi connectivity index (χ2v) is 7.08. The van der Waals surface area contributed by atoms with Gasteiger partial charge in [0.1, 0.15) is 23.5 Å². The number of nitrogens with zero attached hydrogens (tertiary/aromatic N) is 3. The minimum Gasteiger partial charge on any atom is -0.459 e. The van der Waals surface area contributed by atoms with Crippen molar-refractivity contribution >= 4 is 34.0 Å². The third kappa shape index (κ3) is 4.04. The predicted molar refractivity (Wildman–Crippen MR) is 110 cm³/mol. The fourth-order valence-corrected chi connectivity index (χ4v) is 3.63. The fraction of sp³-hybridized carbons (Fsp3) is 0.476. The van der Waals surface area contributed by atoms with Crippen LogP contribution in [0.25, 0.3) is 22.2 Å². The molecule has 3 aromatic rings. The smallest absolute Gasteiger partial charge is 0.344 e. The highest BCUT2D eigenvalue weighted by atomic mass is 16.6. The van der Waals surface area contributed by atoms with Gasteiger partial charge < -0.3 is 24.5 Å². The summed E-state index contributed by atoms with van der Waals surface area (Å²) in [6.45, 7) is 4.73. The van der Waals surface area contributed by atoms with Crippen molar-refractivity contribution in [2.24, 2.45) is 0 Å². The van der Waals surface area contributed by atoms with E-state index in [4.69, 9.17) is 24.9 Å². The molecule has 0 spiro atoms. The van der Waals surface area contributed by atoms with E-state index in [1.807, 2.05) is 35.8 Å². The predicted octanol–water partition coefficient (Wildman–Crippen LogP) is 2.93. The molecule has 1 fully saturated rings. The molecule has 1 aromatic carbocycles. The van der Waals surface area contributed by atoms with Crippen LogP contribution in [-0.2, 0) is 20.8 Å². The molecule has 1 saturated heterocycles. The summed E-state index contributed by atoms with van der Waals surface area (Å²) in [4.78, 5) is 22.3. The van der Waals surface area contributed by atoms with Crippen molar-refractivity contribution in [3.05, 3.63) is 29.8 Å². The Labute approximate surface area is 169 Å². The molecule has 0 radical (unpaired) electrons. The van der Waals surface area contributed by atoms with Gasteiger partial charge in [-0.05, 0) is 38.3 Å². The SMILES string of the molecule is CCOCCCn1c(N)c(C(=O)OC[C@@H]2CCCO2)c2nc3ccccc3nc21. The second-order valence-electron chi connectivity index (χ2n) is 7.08. The molecule has 3 heterocycles. The summed E-state index contributed by atoms with van der Waals surface area (Å²) in [5.74, 6) is -0.166. The van der Waals surface area contributed by atoms with E-state index in [2.05, 4.69) is 4.98 Å². The lowest BCUT2D eigenvalue weighted by Gasteiger charge is -2.10. The van der Waals surface area contributed by atoms with E-state index < -0.39 is 5.97 Å². The maximum atomic E-state index is 12.9. The van der Waals surface area contributed by atoms with Gasteiger partial charge in [-0.15, -0.1) is 0 Å². The van der Waals surface area contributed by atoms with E-state index in [9.17, 15) is 4.79 Å². The van der Waals surface area contributed by atoms with Gasteiger partial charge in [0, 0.05) is 26.4 Å². The molecule has 4 rings (SSSR count). The zero-order valence-corrected chi connectivity index (χ0v) is 16.6. The van der Waals surface area contributed by atoms with Crippen LogP contribution >= 0.6 is 0 Å². The fourth-order valence-electron chi connectivity index (χ4n) is 3.63. The van der Waals surface area contributed by atoms with Crippen LogP contribution in [-0.4, -0.2) is 53.0 Å². The van der Waals surface area contributed by atoms with Gasteiger partial charge in [0.05, 0.1) is 17.1 Å². The van der Waals surface area contributed by atoms with Crippen molar-refractivity contribution in [1.29, 1.82) is 0 Å². The van der Waals surface area contributed by atoms with Crippen LogP contribution in [0.2, 0.25) is 0 Å². The lowest BCUT2D eigenvalue weighted by molar-refractivity contribution is 0.0163. The minimum atomic E-state index is -0.490. The normalized spacial score (nSPS) is 16.7. The summed E-state index contributed by atoms with van der Waals surface area (Å²) < 4.78 is 18.3. The first-order valence-corrected chi connectivity index (χ1v) is 10.1. The number of rotatable bonds is 8. The Morgan fingerprint density at radius 2 is 2.10 bits per heavy atom. The van der Waals surface area contributed by atoms with Gasteiger partial charge in [0.2, 0.25) is 0 Å². The van der Waals surface area contributed by atoms with E-state index >= 15 is 0 Å². The molecule has 29 heavy (non-hydrogen) atoms. The topological polar surface area (TPSA) is 101 Å². The Morgan fingerprint density at radius 1 is 1.31 bits per heavy atom. The Bertz CT molecular complexity index is 1010. The van der Waals surface area contributed by atoms with Crippen molar-refractivity contribution in [1.82, 2.24) is 14.5 Å². The molecule has 1 aliphatic rings. The number of benzene rings is 1. The monoisotopic (exact) mass is 398 g/mol. The lowest BCUT2D eigenvalue weighted by Crippen LogP contribution is -2.18. The van der Waals surface area contributed by atoms with E-state index in [0.29, 0.717) is 48.9 Å². The molecule has 0 amide bonds. The molecule has 0 unspecified atom stereocenters. The first kappa shape index (κ1) is 19.6. The van der Waals surface area contributed by atoms with Crippen LogP contribution in [0.1, 0.15) is 36.5 Å². The Kier molecular flexibility index (Phi) is 5.92. The largest absolute Gasteiger partial charge is 0.459 e. The molecule has 154 valence electrons. The molecule has 0 aliphatic carbocycles. The van der Waals surface area contributed by atoms with Gasteiger partial charge in [0.25, 0.3) is 0 Å². The third-order valence-corrected chi connectivity index (χ3v) is 5.09. The van der Waals surface area contributed by atoms with Gasteiger partial charge >= 0.3 is 5.97 Å². The van der Waals surface area contributed by atoms with Crippen molar-refractivity contribution < 1.29 is 19.0 Å². The van der Waals surface area contributed by atoms with Gasteiger partial charge in [-0.25, -0.2) is 14.8 Å². The number of esters is 1. The van der Waals surface area contributed by atoms with Gasteiger partial charge in [-0.2, -0.15) is 0 Å². The van der Waals surface area contributed by atoms with E-state index in [1.54, 1.807) is 0 Å². The minimum absolute atomic E-state index is 0.0494. The van der Waals surface area contributed by atoms with E-state index in [0.717, 1.165) is 24.8 Å². The van der Waals surface area contributed by atoms with Crippen molar-refractivity contribution in [2.75, 3.05) is 32.2 Å². The van der Waals surface area contributed by atoms with Gasteiger partial charge in [-0.3, -0.25) is 0 Å². The molecule has 8 heteroatoms. The first-order chi connectivity index (χ1) is 14.2. The van der Waals surface area contributed by atoms with Crippen molar-refractivity contribution in [3.8, 4) is 0 Å². The van der Waals surface area contributed by atoms with Gasteiger partial charge in [-0.1, -0.05) is 12.1 Å². The van der Waals surface area contributed by atoms with Gasteiger partial charge in [0.15, 0.2) is 5.65 Å². The molecule has 0 saturated carbocycles. The maximum absolute atomic E-state index is 12.9. The van der Waals surface area contributed by atoms with E-state index in [1.165, 1.54) is 0 Å². The van der Waals surface area contributed by atoms with Crippen LogP contribution in [0.5, 0.6) is 0 Å². The average molecular weight is 398 g/mol. The number of ether oxygens (including phenoxy) is 3. The zero-order chi connectivity index (χ0) is 20.2. The molecular weight excluding hydrogens is 372 g/mol. The highest BCUT2D eigenvalue weighted by molar-refractivity contribution is 6.08. The van der Waals surface area contributed by atoms with Crippen LogP contribution in [0.4, 0.5) is 5.82 Å². The quantitative estimate of drug-likeness (QED) is 0.460. The summed E-state index contributed by atoms with van der Waals surface area (Å²) in [5, 5.41) is 0. The number of carbonyl (C=O) groups is 1. The number of carbonyl (C=O) groups excluding carboxylic acids is 1. The van der Waals surface area contributed by atoms with E-state index in [-0.39, 0.29) is 18.3 Å². The second kappa shape index (κ2) is 8.75. The van der Waals surface area contributed by atoms with Crippen LogP contribution in [0.3, 0.4) is 0 Å². The number of hydrogen-bond acceptors (Lipinski definition) is 7. The summed E-state index contributed by atoms with van der Waals surface area (Å²) in [6, 6.07) is 7.56. The first-order valence-electron chi connectivity index (χ1n) is 10.1. The Morgan fingerprint density at radius 3 is 2.83 bits per heavy atom. The molecule has 1 aliphatic heterocycles. The summed E-state index contributed by atoms with van der Waals surface area (Å²) in [6.07, 6.45) is 2.58. The maximum Gasteiger partial charge on any atom is 0.344 e. The highest BCUT2D eigenvalue weighted by Gasteiger charge is 2.26. The number of aromatic nitrogens is 3. The molecular formula is C21H26N4O4. The van der Waals surface area contributed by atoms with Crippen LogP contribution in [0, 0.1) is 0 Å². The number of para-hydroxylation sites is 2. The molecule has 1 atom stereocenters. The molecule has 8 nitrogen and oxygen atoms in total.